The molecule has 0 aromatic rings. The summed E-state index contributed by atoms with van der Waals surface area (Å²) in [5, 5.41) is 0. The van der Waals surface area contributed by atoms with Crippen LogP contribution in [0.2, 0.25) is 0 Å². The SMILES string of the molecule is CN(C)CC(=O)C1CCC1. The standard InChI is InChI=1S/C8H15NO/c1-9(2)6-8(10)7-4-3-5-7/h7H,3-6H2,1-2H3. The summed E-state index contributed by atoms with van der Waals surface area (Å²) in [5.41, 5.74) is 0. The molecular formula is C8H15NO. The molecule has 1 aliphatic rings. The average Bonchev–Trinajstić information content (AvgIpc) is 1.55. The normalized spacial score (nSPS) is 19.1. The van der Waals surface area contributed by atoms with Gasteiger partial charge < -0.3 is 4.90 Å². The highest BCUT2D eigenvalue weighted by Gasteiger charge is 2.24. The molecule has 0 atom stereocenters. The number of Topliss-reactive ketones (excluding diaryl/α,β-unsaturated/α-hetero) is 1. The van der Waals surface area contributed by atoms with Gasteiger partial charge in [-0.2, -0.15) is 0 Å². The van der Waals surface area contributed by atoms with E-state index in [4.69, 9.17) is 0 Å². The zero-order valence-corrected chi connectivity index (χ0v) is 6.76. The number of nitrogens with zero attached hydrogens (tertiary/aromatic N) is 1. The van der Waals surface area contributed by atoms with Crippen molar-refractivity contribution in [3.8, 4) is 0 Å². The van der Waals surface area contributed by atoms with E-state index in [9.17, 15) is 4.79 Å². The van der Waals surface area contributed by atoms with E-state index >= 15 is 0 Å². The Hall–Kier alpha value is -0.370. The number of hydrogen-bond acceptors (Lipinski definition) is 2. The van der Waals surface area contributed by atoms with Gasteiger partial charge in [0.05, 0.1) is 6.54 Å². The van der Waals surface area contributed by atoms with Crippen LogP contribution in [-0.2, 0) is 4.79 Å². The third kappa shape index (κ3) is 1.81. The molecular weight excluding hydrogens is 126 g/mol. The first-order valence-electron chi connectivity index (χ1n) is 3.87. The van der Waals surface area contributed by atoms with Crippen LogP contribution in [0.1, 0.15) is 19.3 Å². The molecule has 1 aliphatic carbocycles. The minimum absolute atomic E-state index is 0.405. The zero-order chi connectivity index (χ0) is 7.56. The van der Waals surface area contributed by atoms with E-state index in [1.807, 2.05) is 19.0 Å². The molecule has 0 aliphatic heterocycles. The molecule has 0 spiro atoms. The molecule has 2 nitrogen and oxygen atoms in total. The van der Waals surface area contributed by atoms with Gasteiger partial charge in [0, 0.05) is 5.92 Å². The maximum Gasteiger partial charge on any atom is 0.149 e. The minimum Gasteiger partial charge on any atom is -0.302 e. The molecule has 2 heteroatoms. The number of likely N-dealkylation sites (N-methyl/N-ethyl adjacent to an activating group) is 1. The lowest BCUT2D eigenvalue weighted by atomic mass is 9.82. The van der Waals surface area contributed by atoms with Crippen molar-refractivity contribution in [2.24, 2.45) is 5.92 Å². The van der Waals surface area contributed by atoms with Gasteiger partial charge in [-0.3, -0.25) is 4.79 Å². The summed E-state index contributed by atoms with van der Waals surface area (Å²) in [6.45, 7) is 0.630. The Labute approximate surface area is 62.2 Å². The number of hydrogen-bond donors (Lipinski definition) is 0. The van der Waals surface area contributed by atoms with E-state index in [0.717, 1.165) is 12.8 Å². The number of carbonyl (C=O) groups is 1. The van der Waals surface area contributed by atoms with Gasteiger partial charge in [0.2, 0.25) is 0 Å². The second kappa shape index (κ2) is 3.15. The topological polar surface area (TPSA) is 20.3 Å². The summed E-state index contributed by atoms with van der Waals surface area (Å²) < 4.78 is 0. The van der Waals surface area contributed by atoms with Crippen molar-refractivity contribution in [2.45, 2.75) is 19.3 Å². The number of carbonyl (C=O) groups excluding carboxylic acids is 1. The highest BCUT2D eigenvalue weighted by atomic mass is 16.1. The van der Waals surface area contributed by atoms with E-state index in [1.54, 1.807) is 0 Å². The van der Waals surface area contributed by atoms with Gasteiger partial charge in [-0.25, -0.2) is 0 Å². The first kappa shape index (κ1) is 7.73. The molecule has 0 aromatic carbocycles. The van der Waals surface area contributed by atoms with Gasteiger partial charge in [-0.15, -0.1) is 0 Å². The highest BCUT2D eigenvalue weighted by molar-refractivity contribution is 5.83. The monoisotopic (exact) mass is 141 g/mol. The van der Waals surface area contributed by atoms with Crippen LogP contribution in [0.5, 0.6) is 0 Å². The van der Waals surface area contributed by atoms with Crippen molar-refractivity contribution in [1.82, 2.24) is 4.90 Å². The summed E-state index contributed by atoms with van der Waals surface area (Å²) in [6.07, 6.45) is 3.52. The maximum absolute atomic E-state index is 11.2. The van der Waals surface area contributed by atoms with Gasteiger partial charge in [0.25, 0.3) is 0 Å². The molecule has 0 unspecified atom stereocenters. The molecule has 0 aromatic heterocycles. The fourth-order valence-electron chi connectivity index (χ4n) is 1.17. The Morgan fingerprint density at radius 2 is 2.10 bits per heavy atom. The first-order chi connectivity index (χ1) is 4.70. The van der Waals surface area contributed by atoms with E-state index in [2.05, 4.69) is 0 Å². The third-order valence-electron chi connectivity index (χ3n) is 2.03. The van der Waals surface area contributed by atoms with Crippen molar-refractivity contribution >= 4 is 5.78 Å². The van der Waals surface area contributed by atoms with E-state index in [0.29, 0.717) is 18.2 Å². The summed E-state index contributed by atoms with van der Waals surface area (Å²) in [6, 6.07) is 0. The molecule has 0 heterocycles. The fraction of sp³-hybridized carbons (Fsp3) is 0.875. The van der Waals surface area contributed by atoms with Crippen molar-refractivity contribution < 1.29 is 4.79 Å². The van der Waals surface area contributed by atoms with Crippen LogP contribution < -0.4 is 0 Å². The molecule has 1 saturated carbocycles. The molecule has 0 saturated heterocycles. The molecule has 1 rings (SSSR count). The van der Waals surface area contributed by atoms with Crippen molar-refractivity contribution in [1.29, 1.82) is 0 Å². The molecule has 0 N–H and O–H groups in total. The smallest absolute Gasteiger partial charge is 0.149 e. The van der Waals surface area contributed by atoms with Gasteiger partial charge in [-0.05, 0) is 26.9 Å². The Morgan fingerprint density at radius 1 is 1.50 bits per heavy atom. The van der Waals surface area contributed by atoms with Gasteiger partial charge in [0.1, 0.15) is 5.78 Å². The van der Waals surface area contributed by atoms with Crippen molar-refractivity contribution in [2.75, 3.05) is 20.6 Å². The third-order valence-corrected chi connectivity index (χ3v) is 2.03. The Kier molecular flexibility index (Phi) is 2.44. The van der Waals surface area contributed by atoms with Crippen molar-refractivity contribution in [3.63, 3.8) is 0 Å². The molecule has 10 heavy (non-hydrogen) atoms. The van der Waals surface area contributed by atoms with Crippen LogP contribution in [0.15, 0.2) is 0 Å². The van der Waals surface area contributed by atoms with E-state index in [1.165, 1.54) is 6.42 Å². The average molecular weight is 141 g/mol. The molecule has 0 bridgehead atoms. The number of rotatable bonds is 3. The molecule has 1 fully saturated rings. The summed E-state index contributed by atoms with van der Waals surface area (Å²) >= 11 is 0. The van der Waals surface area contributed by atoms with Crippen LogP contribution in [-0.4, -0.2) is 31.3 Å². The van der Waals surface area contributed by atoms with Gasteiger partial charge in [-0.1, -0.05) is 6.42 Å². The Balaban J connectivity index is 2.20. The van der Waals surface area contributed by atoms with Crippen LogP contribution in [0.4, 0.5) is 0 Å². The Morgan fingerprint density at radius 3 is 2.40 bits per heavy atom. The maximum atomic E-state index is 11.2. The largest absolute Gasteiger partial charge is 0.302 e. The van der Waals surface area contributed by atoms with Gasteiger partial charge >= 0.3 is 0 Å². The lowest BCUT2D eigenvalue weighted by Crippen LogP contribution is -2.31. The fourth-order valence-corrected chi connectivity index (χ4v) is 1.17. The Bertz CT molecular complexity index is 127. The minimum atomic E-state index is 0.405. The predicted octanol–water partition coefficient (Wildman–Crippen LogP) is 0.917. The van der Waals surface area contributed by atoms with E-state index in [-0.39, 0.29) is 0 Å². The highest BCUT2D eigenvalue weighted by Crippen LogP contribution is 2.26. The lowest BCUT2D eigenvalue weighted by Gasteiger charge is -2.24. The molecule has 0 radical (unpaired) electrons. The van der Waals surface area contributed by atoms with Crippen LogP contribution in [0.25, 0.3) is 0 Å². The van der Waals surface area contributed by atoms with E-state index < -0.39 is 0 Å². The first-order valence-corrected chi connectivity index (χ1v) is 3.87. The van der Waals surface area contributed by atoms with Crippen LogP contribution in [0.3, 0.4) is 0 Å². The number of ketones is 1. The quantitative estimate of drug-likeness (QED) is 0.582. The second-order valence-corrected chi connectivity index (χ2v) is 3.33. The van der Waals surface area contributed by atoms with Crippen molar-refractivity contribution in [3.05, 3.63) is 0 Å². The lowest BCUT2D eigenvalue weighted by molar-refractivity contribution is -0.125. The molecule has 0 amide bonds. The van der Waals surface area contributed by atoms with Crippen LogP contribution in [0, 0.1) is 5.92 Å². The summed E-state index contributed by atoms with van der Waals surface area (Å²) in [5.74, 6) is 0.832. The van der Waals surface area contributed by atoms with Gasteiger partial charge in [0.15, 0.2) is 0 Å². The summed E-state index contributed by atoms with van der Waals surface area (Å²) in [4.78, 5) is 13.1. The second-order valence-electron chi connectivity index (χ2n) is 3.33. The van der Waals surface area contributed by atoms with Crippen LogP contribution >= 0.6 is 0 Å². The molecule has 58 valence electrons. The summed E-state index contributed by atoms with van der Waals surface area (Å²) in [7, 11) is 3.88. The predicted molar refractivity (Wildman–Crippen MR) is 40.9 cm³/mol. The zero-order valence-electron chi connectivity index (χ0n) is 6.76.